The van der Waals surface area contributed by atoms with Crippen LogP contribution in [0.4, 0.5) is 0 Å². The van der Waals surface area contributed by atoms with Crippen molar-refractivity contribution < 1.29 is 4.74 Å². The van der Waals surface area contributed by atoms with Crippen molar-refractivity contribution in [2.24, 2.45) is 11.8 Å². The Labute approximate surface area is 154 Å². The Kier molecular flexibility index (Phi) is 17.7. The quantitative estimate of drug-likeness (QED) is 0.229. The molecule has 0 aliphatic heterocycles. The molecule has 0 bridgehead atoms. The zero-order valence-electron chi connectivity index (χ0n) is 17.7. The van der Waals surface area contributed by atoms with Gasteiger partial charge in [0.05, 0.1) is 6.10 Å². The minimum Gasteiger partial charge on any atom is -0.378 e. The fourth-order valence-electron chi connectivity index (χ4n) is 3.97. The van der Waals surface area contributed by atoms with E-state index in [2.05, 4.69) is 34.6 Å². The molecule has 2 unspecified atom stereocenters. The number of hydrogen-bond donors (Lipinski definition) is 0. The second-order valence-electron chi connectivity index (χ2n) is 8.05. The molecule has 2 atom stereocenters. The van der Waals surface area contributed by atoms with Gasteiger partial charge in [-0.15, -0.1) is 0 Å². The van der Waals surface area contributed by atoms with E-state index < -0.39 is 0 Å². The molecule has 0 aromatic rings. The van der Waals surface area contributed by atoms with Crippen LogP contribution in [0.2, 0.25) is 0 Å². The summed E-state index contributed by atoms with van der Waals surface area (Å²) in [6, 6.07) is 0. The lowest BCUT2D eigenvalue weighted by Gasteiger charge is -2.19. The molecule has 0 radical (unpaired) electrons. The number of rotatable bonds is 18. The Bertz CT molecular complexity index is 232. The summed E-state index contributed by atoms with van der Waals surface area (Å²) in [5.74, 6) is 1.89. The van der Waals surface area contributed by atoms with E-state index in [1.54, 1.807) is 0 Å². The van der Waals surface area contributed by atoms with Crippen LogP contribution in [-0.2, 0) is 4.74 Å². The topological polar surface area (TPSA) is 9.23 Å². The van der Waals surface area contributed by atoms with Gasteiger partial charge in [-0.3, -0.25) is 0 Å². The van der Waals surface area contributed by atoms with Gasteiger partial charge in [0.25, 0.3) is 0 Å². The SMILES string of the molecule is CCCC(C)CCCC(CCC)CCCCOC(CCC)CCC. The number of ether oxygens (including phenoxy) is 1. The predicted molar refractivity (Wildman–Crippen MR) is 110 cm³/mol. The minimum atomic E-state index is 0.520. The van der Waals surface area contributed by atoms with Crippen molar-refractivity contribution in [1.82, 2.24) is 0 Å². The highest BCUT2D eigenvalue weighted by atomic mass is 16.5. The maximum Gasteiger partial charge on any atom is 0.0575 e. The van der Waals surface area contributed by atoms with Gasteiger partial charge in [-0.25, -0.2) is 0 Å². The lowest BCUT2D eigenvalue weighted by molar-refractivity contribution is 0.0378. The van der Waals surface area contributed by atoms with Crippen LogP contribution in [0.3, 0.4) is 0 Å². The Hall–Kier alpha value is -0.0400. The summed E-state index contributed by atoms with van der Waals surface area (Å²) in [6.07, 6.45) is 19.4. The van der Waals surface area contributed by atoms with Crippen molar-refractivity contribution in [3.8, 4) is 0 Å². The molecule has 1 nitrogen and oxygen atoms in total. The second-order valence-corrected chi connectivity index (χ2v) is 8.05. The van der Waals surface area contributed by atoms with Gasteiger partial charge in [0.2, 0.25) is 0 Å². The Morgan fingerprint density at radius 3 is 1.75 bits per heavy atom. The summed E-state index contributed by atoms with van der Waals surface area (Å²) in [4.78, 5) is 0. The molecule has 1 heteroatoms. The Morgan fingerprint density at radius 1 is 0.583 bits per heavy atom. The summed E-state index contributed by atoms with van der Waals surface area (Å²) in [6.45, 7) is 12.6. The monoisotopic (exact) mass is 340 g/mol. The first-order chi connectivity index (χ1) is 11.7. The first-order valence-electron chi connectivity index (χ1n) is 11.3. The van der Waals surface area contributed by atoms with Crippen LogP contribution < -0.4 is 0 Å². The van der Waals surface area contributed by atoms with E-state index in [1.165, 1.54) is 89.9 Å². The van der Waals surface area contributed by atoms with Crippen LogP contribution in [-0.4, -0.2) is 12.7 Å². The van der Waals surface area contributed by atoms with Gasteiger partial charge in [-0.1, -0.05) is 105 Å². The van der Waals surface area contributed by atoms with Gasteiger partial charge in [0.15, 0.2) is 0 Å². The van der Waals surface area contributed by atoms with Crippen molar-refractivity contribution in [3.63, 3.8) is 0 Å². The standard InChI is InChI=1S/C23H48O/c1-6-13-21(5)17-12-19-22(14-7-2)18-10-11-20-24-23(15-8-3)16-9-4/h21-23H,6-20H2,1-5H3. The largest absolute Gasteiger partial charge is 0.378 e. The van der Waals surface area contributed by atoms with Crippen LogP contribution in [0.15, 0.2) is 0 Å². The molecule has 0 rings (SSSR count). The molecule has 0 aromatic carbocycles. The van der Waals surface area contributed by atoms with Gasteiger partial charge in [-0.2, -0.15) is 0 Å². The average molecular weight is 341 g/mol. The van der Waals surface area contributed by atoms with E-state index in [0.717, 1.165) is 18.4 Å². The zero-order valence-corrected chi connectivity index (χ0v) is 17.7. The summed E-state index contributed by atoms with van der Waals surface area (Å²) < 4.78 is 6.10. The van der Waals surface area contributed by atoms with Crippen molar-refractivity contribution in [2.75, 3.05) is 6.61 Å². The summed E-state index contributed by atoms with van der Waals surface area (Å²) >= 11 is 0. The lowest BCUT2D eigenvalue weighted by atomic mass is 9.89. The van der Waals surface area contributed by atoms with Crippen molar-refractivity contribution in [3.05, 3.63) is 0 Å². The van der Waals surface area contributed by atoms with E-state index >= 15 is 0 Å². The molecular weight excluding hydrogens is 292 g/mol. The highest BCUT2D eigenvalue weighted by molar-refractivity contribution is 4.62. The fourth-order valence-corrected chi connectivity index (χ4v) is 3.97. The molecule has 0 aliphatic carbocycles. The molecule has 0 aromatic heterocycles. The first-order valence-corrected chi connectivity index (χ1v) is 11.3. The normalized spacial score (nSPS) is 14.2. The van der Waals surface area contributed by atoms with Crippen LogP contribution >= 0.6 is 0 Å². The van der Waals surface area contributed by atoms with Crippen molar-refractivity contribution in [1.29, 1.82) is 0 Å². The van der Waals surface area contributed by atoms with E-state index in [0.29, 0.717) is 6.10 Å². The van der Waals surface area contributed by atoms with Crippen LogP contribution in [0.5, 0.6) is 0 Å². The third-order valence-corrected chi connectivity index (χ3v) is 5.37. The lowest BCUT2D eigenvalue weighted by Crippen LogP contribution is -2.13. The molecule has 0 N–H and O–H groups in total. The van der Waals surface area contributed by atoms with Gasteiger partial charge in [0.1, 0.15) is 0 Å². The maximum atomic E-state index is 6.10. The third-order valence-electron chi connectivity index (χ3n) is 5.37. The van der Waals surface area contributed by atoms with Crippen LogP contribution in [0, 0.1) is 11.8 Å². The smallest absolute Gasteiger partial charge is 0.0575 e. The molecule has 0 spiro atoms. The molecule has 24 heavy (non-hydrogen) atoms. The molecule has 146 valence electrons. The molecule has 0 fully saturated rings. The number of hydrogen-bond acceptors (Lipinski definition) is 1. The third kappa shape index (κ3) is 14.3. The second kappa shape index (κ2) is 17.8. The molecule has 0 amide bonds. The molecule has 0 saturated carbocycles. The van der Waals surface area contributed by atoms with E-state index in [4.69, 9.17) is 4.74 Å². The summed E-state index contributed by atoms with van der Waals surface area (Å²) in [5.41, 5.74) is 0. The van der Waals surface area contributed by atoms with Crippen LogP contribution in [0.1, 0.15) is 125 Å². The fraction of sp³-hybridized carbons (Fsp3) is 1.00. The van der Waals surface area contributed by atoms with Gasteiger partial charge in [-0.05, 0) is 31.1 Å². The van der Waals surface area contributed by atoms with Crippen molar-refractivity contribution in [2.45, 2.75) is 131 Å². The van der Waals surface area contributed by atoms with E-state index in [1.807, 2.05) is 0 Å². The van der Waals surface area contributed by atoms with E-state index in [-0.39, 0.29) is 0 Å². The van der Waals surface area contributed by atoms with Crippen LogP contribution in [0.25, 0.3) is 0 Å². The van der Waals surface area contributed by atoms with Crippen molar-refractivity contribution >= 4 is 0 Å². The highest BCUT2D eigenvalue weighted by Crippen LogP contribution is 2.24. The minimum absolute atomic E-state index is 0.520. The first kappa shape index (κ1) is 24.0. The van der Waals surface area contributed by atoms with Gasteiger partial charge in [0, 0.05) is 6.61 Å². The zero-order chi connectivity index (χ0) is 18.0. The molecular formula is C23H48O. The Balaban J connectivity index is 3.79. The summed E-state index contributed by atoms with van der Waals surface area (Å²) in [5, 5.41) is 0. The summed E-state index contributed by atoms with van der Waals surface area (Å²) in [7, 11) is 0. The Morgan fingerprint density at radius 2 is 1.17 bits per heavy atom. The average Bonchev–Trinajstić information content (AvgIpc) is 2.55. The highest BCUT2D eigenvalue weighted by Gasteiger charge is 2.10. The van der Waals surface area contributed by atoms with Gasteiger partial charge >= 0.3 is 0 Å². The molecule has 0 saturated heterocycles. The van der Waals surface area contributed by atoms with E-state index in [9.17, 15) is 0 Å². The van der Waals surface area contributed by atoms with Gasteiger partial charge < -0.3 is 4.74 Å². The predicted octanol–water partition coefficient (Wildman–Crippen LogP) is 8.16. The maximum absolute atomic E-state index is 6.10. The number of unbranched alkanes of at least 4 members (excludes halogenated alkanes) is 1. The molecule has 0 heterocycles. The molecule has 0 aliphatic rings.